The van der Waals surface area contributed by atoms with Crippen molar-refractivity contribution in [2.24, 2.45) is 0 Å². The van der Waals surface area contributed by atoms with Gasteiger partial charge in [0.2, 0.25) is 11.8 Å². The maximum atomic E-state index is 13.0. The molecule has 0 aromatic heterocycles. The third-order valence-electron chi connectivity index (χ3n) is 8.21. The van der Waals surface area contributed by atoms with Gasteiger partial charge >= 0.3 is 0 Å². The molecule has 3 fully saturated rings. The predicted molar refractivity (Wildman–Crippen MR) is 132 cm³/mol. The molecule has 0 radical (unpaired) electrons. The van der Waals surface area contributed by atoms with E-state index in [2.05, 4.69) is 10.2 Å². The van der Waals surface area contributed by atoms with E-state index in [0.717, 1.165) is 49.2 Å². The molecule has 3 amide bonds. The Labute approximate surface area is 210 Å². The number of hydrogen-bond acceptors (Lipinski definition) is 6. The number of amides is 3. The number of piperidine rings is 1. The number of nitrogens with one attached hydrogen (secondary N) is 1. The van der Waals surface area contributed by atoms with Crippen LogP contribution < -0.4 is 10.1 Å². The Hall–Kier alpha value is -3.39. The van der Waals surface area contributed by atoms with Gasteiger partial charge in [-0.15, -0.1) is 0 Å². The molecule has 188 valence electrons. The molecule has 36 heavy (non-hydrogen) atoms. The van der Waals surface area contributed by atoms with Gasteiger partial charge < -0.3 is 14.7 Å². The molecule has 3 aliphatic heterocycles. The minimum absolute atomic E-state index is 0.0745. The molecule has 3 heterocycles. The van der Waals surface area contributed by atoms with Crippen LogP contribution in [0.5, 0.6) is 11.5 Å². The molecule has 2 aromatic carbocycles. The highest BCUT2D eigenvalue weighted by molar-refractivity contribution is 6.05. The zero-order valence-corrected chi connectivity index (χ0v) is 20.2. The smallest absolute Gasteiger partial charge is 0.255 e. The van der Waals surface area contributed by atoms with Crippen LogP contribution in [0.3, 0.4) is 0 Å². The number of carbonyl (C=O) groups excluding carboxylic acids is 3. The van der Waals surface area contributed by atoms with Crippen molar-refractivity contribution >= 4 is 17.7 Å². The van der Waals surface area contributed by atoms with Gasteiger partial charge in [-0.05, 0) is 61.1 Å². The first kappa shape index (κ1) is 23.0. The van der Waals surface area contributed by atoms with Gasteiger partial charge in [0, 0.05) is 43.6 Å². The first-order valence-electron chi connectivity index (χ1n) is 12.9. The van der Waals surface area contributed by atoms with E-state index in [4.69, 9.17) is 4.74 Å². The number of para-hydroxylation sites is 1. The fourth-order valence-corrected chi connectivity index (χ4v) is 6.24. The van der Waals surface area contributed by atoms with Crippen LogP contribution in [0.15, 0.2) is 42.5 Å². The lowest BCUT2D eigenvalue weighted by molar-refractivity contribution is -0.136. The van der Waals surface area contributed by atoms with E-state index in [0.29, 0.717) is 36.2 Å². The van der Waals surface area contributed by atoms with E-state index in [1.54, 1.807) is 17.0 Å². The normalized spacial score (nSPS) is 26.9. The van der Waals surface area contributed by atoms with Gasteiger partial charge in [-0.1, -0.05) is 24.6 Å². The highest BCUT2D eigenvalue weighted by atomic mass is 16.5. The van der Waals surface area contributed by atoms with E-state index in [9.17, 15) is 19.5 Å². The number of imide groups is 1. The second kappa shape index (κ2) is 9.24. The Kier molecular flexibility index (Phi) is 5.91. The summed E-state index contributed by atoms with van der Waals surface area (Å²) < 4.78 is 6.52. The Bertz CT molecular complexity index is 1210. The molecule has 2 N–H and O–H groups in total. The van der Waals surface area contributed by atoms with Gasteiger partial charge in [-0.2, -0.15) is 0 Å². The van der Waals surface area contributed by atoms with Crippen LogP contribution in [0.1, 0.15) is 65.9 Å². The van der Waals surface area contributed by atoms with Crippen LogP contribution in [0.2, 0.25) is 0 Å². The molecule has 0 bridgehead atoms. The van der Waals surface area contributed by atoms with Crippen LogP contribution in [0, 0.1) is 0 Å². The van der Waals surface area contributed by atoms with Gasteiger partial charge in [0.1, 0.15) is 23.6 Å². The number of aromatic hydroxyl groups is 1. The van der Waals surface area contributed by atoms with E-state index in [-0.39, 0.29) is 24.3 Å². The van der Waals surface area contributed by atoms with E-state index in [1.165, 1.54) is 6.42 Å². The van der Waals surface area contributed by atoms with Crippen molar-refractivity contribution in [2.75, 3.05) is 13.1 Å². The topological polar surface area (TPSA) is 99.2 Å². The number of hydrogen-bond donors (Lipinski definition) is 2. The van der Waals surface area contributed by atoms with Crippen LogP contribution in [0.4, 0.5) is 0 Å². The lowest BCUT2D eigenvalue weighted by Gasteiger charge is -2.48. The minimum Gasteiger partial charge on any atom is -0.508 e. The summed E-state index contributed by atoms with van der Waals surface area (Å²) in [6, 6.07) is 12.9. The maximum Gasteiger partial charge on any atom is 0.255 e. The predicted octanol–water partition coefficient (Wildman–Crippen LogP) is 2.94. The molecule has 8 nitrogen and oxygen atoms in total. The average molecular weight is 490 g/mol. The number of ether oxygens (including phenoxy) is 1. The average Bonchev–Trinajstić information content (AvgIpc) is 3.16. The molecule has 2 aromatic rings. The molecule has 8 heteroatoms. The van der Waals surface area contributed by atoms with Crippen molar-refractivity contribution in [3.8, 4) is 11.5 Å². The van der Waals surface area contributed by atoms with Crippen LogP contribution in [-0.2, 0) is 16.1 Å². The standard InChI is InChI=1S/C28H31N3O5/c32-24-7-3-1-5-20(24)18-14-30(15-18)22-6-2-4-8-25(22)36-19-9-10-21-17(13-19)16-31(28(21)35)23-11-12-26(33)29-27(23)34/h1,3,5,7,9-10,13,18,22-23,25,32H,2,4,6,8,11-12,14-16H2,(H,29,33,34)/t22-,23?,25+/m1/s1. The molecule has 6 rings (SSSR count). The summed E-state index contributed by atoms with van der Waals surface area (Å²) in [6.45, 7) is 2.18. The van der Waals surface area contributed by atoms with Crippen molar-refractivity contribution in [2.45, 2.75) is 69.2 Å². The van der Waals surface area contributed by atoms with Crippen molar-refractivity contribution in [1.82, 2.24) is 15.1 Å². The van der Waals surface area contributed by atoms with Crippen LogP contribution >= 0.6 is 0 Å². The monoisotopic (exact) mass is 489 g/mol. The molecule has 1 unspecified atom stereocenters. The molecule has 2 saturated heterocycles. The minimum atomic E-state index is -0.613. The van der Waals surface area contributed by atoms with E-state index in [1.807, 2.05) is 30.3 Å². The highest BCUT2D eigenvalue weighted by Crippen LogP contribution is 2.38. The summed E-state index contributed by atoms with van der Waals surface area (Å²) in [4.78, 5) is 40.8. The summed E-state index contributed by atoms with van der Waals surface area (Å²) in [6.07, 6.45) is 5.06. The number of fused-ring (bicyclic) bond motifs is 1. The molecular formula is C28H31N3O5. The fourth-order valence-electron chi connectivity index (χ4n) is 6.24. The summed E-state index contributed by atoms with van der Waals surface area (Å²) in [5.41, 5.74) is 2.48. The first-order chi connectivity index (χ1) is 17.5. The van der Waals surface area contributed by atoms with E-state index >= 15 is 0 Å². The van der Waals surface area contributed by atoms with E-state index < -0.39 is 11.9 Å². The number of likely N-dealkylation sites (tertiary alicyclic amines) is 1. The summed E-state index contributed by atoms with van der Waals surface area (Å²) in [7, 11) is 0. The number of rotatable bonds is 5. The Morgan fingerprint density at radius 2 is 1.78 bits per heavy atom. The summed E-state index contributed by atoms with van der Waals surface area (Å²) >= 11 is 0. The molecule has 3 atom stereocenters. The summed E-state index contributed by atoms with van der Waals surface area (Å²) in [5, 5.41) is 12.6. The largest absolute Gasteiger partial charge is 0.508 e. The molecular weight excluding hydrogens is 458 g/mol. The van der Waals surface area contributed by atoms with Gasteiger partial charge in [0.05, 0.1) is 0 Å². The third kappa shape index (κ3) is 4.13. The number of phenolic OH excluding ortho intramolecular Hbond substituents is 1. The zero-order valence-electron chi connectivity index (χ0n) is 20.2. The zero-order chi connectivity index (χ0) is 24.8. The second-order valence-electron chi connectivity index (χ2n) is 10.4. The van der Waals surface area contributed by atoms with Crippen LogP contribution in [-0.4, -0.2) is 63.9 Å². The van der Waals surface area contributed by atoms with Crippen molar-refractivity contribution in [1.29, 1.82) is 0 Å². The number of phenols is 1. The molecule has 0 spiro atoms. The van der Waals surface area contributed by atoms with Gasteiger partial charge in [-0.3, -0.25) is 24.6 Å². The van der Waals surface area contributed by atoms with Crippen molar-refractivity contribution < 1.29 is 24.2 Å². The number of carbonyl (C=O) groups is 3. The Balaban J connectivity index is 1.12. The number of benzene rings is 2. The Morgan fingerprint density at radius 3 is 2.58 bits per heavy atom. The van der Waals surface area contributed by atoms with Crippen molar-refractivity contribution in [3.63, 3.8) is 0 Å². The lowest BCUT2D eigenvalue weighted by atomic mass is 9.84. The molecule has 1 aliphatic carbocycles. The SMILES string of the molecule is O=C1CCC(N2Cc3cc(O[C@H]4CCCC[C@H]4N4CC(c5ccccc5O)C4)ccc3C2=O)C(=O)N1. The van der Waals surface area contributed by atoms with Gasteiger partial charge in [0.15, 0.2) is 0 Å². The summed E-state index contributed by atoms with van der Waals surface area (Å²) in [5.74, 6) is 0.618. The highest BCUT2D eigenvalue weighted by Gasteiger charge is 2.41. The van der Waals surface area contributed by atoms with Gasteiger partial charge in [0.25, 0.3) is 5.91 Å². The van der Waals surface area contributed by atoms with Crippen LogP contribution in [0.25, 0.3) is 0 Å². The fraction of sp³-hybridized carbons (Fsp3) is 0.464. The number of nitrogens with zero attached hydrogens (tertiary/aromatic N) is 2. The lowest BCUT2D eigenvalue weighted by Crippen LogP contribution is -2.57. The first-order valence-corrected chi connectivity index (χ1v) is 12.9. The van der Waals surface area contributed by atoms with Gasteiger partial charge in [-0.25, -0.2) is 0 Å². The quantitative estimate of drug-likeness (QED) is 0.627. The molecule has 4 aliphatic rings. The van der Waals surface area contributed by atoms with Crippen molar-refractivity contribution in [3.05, 3.63) is 59.2 Å². The second-order valence-corrected chi connectivity index (χ2v) is 10.4. The maximum absolute atomic E-state index is 13.0. The molecule has 1 saturated carbocycles. The third-order valence-corrected chi connectivity index (χ3v) is 8.21. The Morgan fingerprint density at radius 1 is 0.972 bits per heavy atom.